The van der Waals surface area contributed by atoms with E-state index in [1.165, 1.54) is 11.1 Å². The van der Waals surface area contributed by atoms with Crippen molar-refractivity contribution in [2.24, 2.45) is 0 Å². The zero-order chi connectivity index (χ0) is 14.8. The molecule has 0 saturated heterocycles. The number of carbonyl (C=O) groups excluding carboxylic acids is 1. The van der Waals surface area contributed by atoms with E-state index in [0.29, 0.717) is 13.0 Å². The number of carbonyl (C=O) groups is 1. The van der Waals surface area contributed by atoms with Crippen LogP contribution in [0.15, 0.2) is 42.5 Å². The van der Waals surface area contributed by atoms with Crippen molar-refractivity contribution in [3.63, 3.8) is 0 Å². The van der Waals surface area contributed by atoms with Gasteiger partial charge >= 0.3 is 0 Å². The lowest BCUT2D eigenvalue weighted by Gasteiger charge is -2.25. The SMILES string of the molecule is Cc1cc(O)ccc1NC(=O)[C@H]1Cc2ccccc2CN1. The molecule has 21 heavy (non-hydrogen) atoms. The molecule has 4 heteroatoms. The van der Waals surface area contributed by atoms with E-state index in [4.69, 9.17) is 0 Å². The van der Waals surface area contributed by atoms with Crippen LogP contribution in [0.1, 0.15) is 16.7 Å². The fraction of sp³-hybridized carbons (Fsp3) is 0.235. The van der Waals surface area contributed by atoms with Crippen molar-refractivity contribution in [2.75, 3.05) is 5.32 Å². The van der Waals surface area contributed by atoms with Crippen LogP contribution in [-0.2, 0) is 17.8 Å². The molecule has 2 aromatic rings. The molecule has 0 bridgehead atoms. The number of phenolic OH excluding ortho intramolecular Hbond substituents is 1. The van der Waals surface area contributed by atoms with Gasteiger partial charge in [-0.05, 0) is 48.2 Å². The van der Waals surface area contributed by atoms with Gasteiger partial charge in [0, 0.05) is 12.2 Å². The Bertz CT molecular complexity index is 682. The highest BCUT2D eigenvalue weighted by molar-refractivity contribution is 5.95. The summed E-state index contributed by atoms with van der Waals surface area (Å²) in [5.41, 5.74) is 4.05. The first-order valence-electron chi connectivity index (χ1n) is 7.04. The summed E-state index contributed by atoms with van der Waals surface area (Å²) in [4.78, 5) is 12.4. The number of amides is 1. The second-order valence-corrected chi connectivity index (χ2v) is 5.39. The van der Waals surface area contributed by atoms with Crippen molar-refractivity contribution in [3.05, 3.63) is 59.2 Å². The molecule has 1 heterocycles. The van der Waals surface area contributed by atoms with Crippen LogP contribution in [-0.4, -0.2) is 17.1 Å². The predicted molar refractivity (Wildman–Crippen MR) is 82.2 cm³/mol. The number of rotatable bonds is 2. The standard InChI is InChI=1S/C17H18N2O2/c1-11-8-14(20)6-7-15(11)19-17(21)16-9-12-4-2-3-5-13(12)10-18-16/h2-8,16,18,20H,9-10H2,1H3,(H,19,21)/t16-/m1/s1. The zero-order valence-electron chi connectivity index (χ0n) is 11.9. The summed E-state index contributed by atoms with van der Waals surface area (Å²) in [6, 6.07) is 12.9. The first kappa shape index (κ1) is 13.6. The molecular weight excluding hydrogens is 264 g/mol. The van der Waals surface area contributed by atoms with Crippen molar-refractivity contribution < 1.29 is 9.90 Å². The van der Waals surface area contributed by atoms with Gasteiger partial charge in [0.05, 0.1) is 6.04 Å². The summed E-state index contributed by atoms with van der Waals surface area (Å²) < 4.78 is 0. The Labute approximate surface area is 123 Å². The van der Waals surface area contributed by atoms with Gasteiger partial charge in [-0.3, -0.25) is 4.79 Å². The molecule has 2 aromatic carbocycles. The van der Waals surface area contributed by atoms with Crippen molar-refractivity contribution >= 4 is 11.6 Å². The van der Waals surface area contributed by atoms with Gasteiger partial charge in [-0.15, -0.1) is 0 Å². The van der Waals surface area contributed by atoms with Crippen LogP contribution in [0.2, 0.25) is 0 Å². The lowest BCUT2D eigenvalue weighted by molar-refractivity contribution is -0.118. The van der Waals surface area contributed by atoms with Crippen molar-refractivity contribution in [3.8, 4) is 5.75 Å². The summed E-state index contributed by atoms with van der Waals surface area (Å²) >= 11 is 0. The van der Waals surface area contributed by atoms with Gasteiger partial charge < -0.3 is 15.7 Å². The maximum atomic E-state index is 12.4. The molecule has 1 amide bonds. The van der Waals surface area contributed by atoms with Crippen LogP contribution in [0.5, 0.6) is 5.75 Å². The molecule has 0 spiro atoms. The highest BCUT2D eigenvalue weighted by Gasteiger charge is 2.24. The minimum Gasteiger partial charge on any atom is -0.508 e. The molecule has 0 aliphatic carbocycles. The quantitative estimate of drug-likeness (QED) is 0.741. The molecule has 3 rings (SSSR count). The van der Waals surface area contributed by atoms with Crippen LogP contribution in [0, 0.1) is 6.92 Å². The molecule has 108 valence electrons. The van der Waals surface area contributed by atoms with Gasteiger partial charge in [0.15, 0.2) is 0 Å². The predicted octanol–water partition coefficient (Wildman–Crippen LogP) is 2.35. The number of anilines is 1. The number of aryl methyl sites for hydroxylation is 1. The van der Waals surface area contributed by atoms with Crippen molar-refractivity contribution in [2.45, 2.75) is 25.9 Å². The third kappa shape index (κ3) is 2.90. The average molecular weight is 282 g/mol. The lowest BCUT2D eigenvalue weighted by atomic mass is 9.95. The van der Waals surface area contributed by atoms with E-state index in [-0.39, 0.29) is 17.7 Å². The lowest BCUT2D eigenvalue weighted by Crippen LogP contribution is -2.44. The molecule has 0 aromatic heterocycles. The van der Waals surface area contributed by atoms with Crippen molar-refractivity contribution in [1.82, 2.24) is 5.32 Å². The van der Waals surface area contributed by atoms with E-state index in [9.17, 15) is 9.90 Å². The Kier molecular flexibility index (Phi) is 3.62. The maximum Gasteiger partial charge on any atom is 0.241 e. The third-order valence-electron chi connectivity index (χ3n) is 3.87. The Hall–Kier alpha value is -2.33. The van der Waals surface area contributed by atoms with Crippen LogP contribution in [0.3, 0.4) is 0 Å². The molecule has 0 fully saturated rings. The molecule has 0 radical (unpaired) electrons. The van der Waals surface area contributed by atoms with E-state index in [2.05, 4.69) is 22.8 Å². The summed E-state index contributed by atoms with van der Waals surface area (Å²) in [6.45, 7) is 2.57. The summed E-state index contributed by atoms with van der Waals surface area (Å²) in [5.74, 6) is 0.161. The second kappa shape index (κ2) is 5.58. The van der Waals surface area contributed by atoms with E-state index in [0.717, 1.165) is 11.3 Å². The van der Waals surface area contributed by atoms with Gasteiger partial charge in [-0.25, -0.2) is 0 Å². The minimum atomic E-state index is -0.229. The number of aromatic hydroxyl groups is 1. The largest absolute Gasteiger partial charge is 0.508 e. The third-order valence-corrected chi connectivity index (χ3v) is 3.87. The van der Waals surface area contributed by atoms with E-state index < -0.39 is 0 Å². The van der Waals surface area contributed by atoms with Gasteiger partial charge in [0.1, 0.15) is 5.75 Å². The number of fused-ring (bicyclic) bond motifs is 1. The number of nitrogens with one attached hydrogen (secondary N) is 2. The monoisotopic (exact) mass is 282 g/mol. The molecule has 1 aliphatic rings. The normalized spacial score (nSPS) is 17.1. The zero-order valence-corrected chi connectivity index (χ0v) is 11.9. The first-order valence-corrected chi connectivity index (χ1v) is 7.04. The number of hydrogen-bond acceptors (Lipinski definition) is 3. The minimum absolute atomic E-state index is 0.0432. The number of hydrogen-bond donors (Lipinski definition) is 3. The van der Waals surface area contributed by atoms with E-state index in [1.807, 2.05) is 19.1 Å². The molecule has 1 aliphatic heterocycles. The summed E-state index contributed by atoms with van der Waals surface area (Å²) in [7, 11) is 0. The number of benzene rings is 2. The van der Waals surface area contributed by atoms with Crippen LogP contribution < -0.4 is 10.6 Å². The van der Waals surface area contributed by atoms with Crippen LogP contribution in [0.25, 0.3) is 0 Å². The van der Waals surface area contributed by atoms with Gasteiger partial charge in [-0.2, -0.15) is 0 Å². The highest BCUT2D eigenvalue weighted by atomic mass is 16.3. The maximum absolute atomic E-state index is 12.4. The van der Waals surface area contributed by atoms with Crippen LogP contribution >= 0.6 is 0 Å². The molecule has 4 nitrogen and oxygen atoms in total. The topological polar surface area (TPSA) is 61.4 Å². The smallest absolute Gasteiger partial charge is 0.241 e. The fourth-order valence-corrected chi connectivity index (χ4v) is 2.65. The molecule has 0 unspecified atom stereocenters. The second-order valence-electron chi connectivity index (χ2n) is 5.39. The Morgan fingerprint density at radius 2 is 2.00 bits per heavy atom. The summed E-state index contributed by atoms with van der Waals surface area (Å²) in [5, 5.41) is 15.6. The Balaban J connectivity index is 1.72. The highest BCUT2D eigenvalue weighted by Crippen LogP contribution is 2.21. The average Bonchev–Trinajstić information content (AvgIpc) is 2.49. The van der Waals surface area contributed by atoms with Gasteiger partial charge in [0.25, 0.3) is 0 Å². The summed E-state index contributed by atoms with van der Waals surface area (Å²) in [6.07, 6.45) is 0.694. The molecule has 0 saturated carbocycles. The number of phenols is 1. The van der Waals surface area contributed by atoms with Gasteiger partial charge in [0.2, 0.25) is 5.91 Å². The van der Waals surface area contributed by atoms with Crippen molar-refractivity contribution in [1.29, 1.82) is 0 Å². The Morgan fingerprint density at radius 1 is 1.24 bits per heavy atom. The Morgan fingerprint density at radius 3 is 2.76 bits per heavy atom. The fourth-order valence-electron chi connectivity index (χ4n) is 2.65. The molecular formula is C17H18N2O2. The molecule has 1 atom stereocenters. The first-order chi connectivity index (χ1) is 10.1. The van der Waals surface area contributed by atoms with E-state index >= 15 is 0 Å². The van der Waals surface area contributed by atoms with Crippen LogP contribution in [0.4, 0.5) is 5.69 Å². The molecule has 3 N–H and O–H groups in total. The van der Waals surface area contributed by atoms with Gasteiger partial charge in [-0.1, -0.05) is 24.3 Å². The van der Waals surface area contributed by atoms with E-state index in [1.54, 1.807) is 18.2 Å².